The van der Waals surface area contributed by atoms with Gasteiger partial charge in [-0.2, -0.15) is 0 Å². The molecule has 1 fully saturated rings. The molecule has 1 amide bonds. The lowest BCUT2D eigenvalue weighted by atomic mass is 10.1. The van der Waals surface area contributed by atoms with Crippen molar-refractivity contribution in [2.45, 2.75) is 25.7 Å². The summed E-state index contributed by atoms with van der Waals surface area (Å²) >= 11 is 0. The Morgan fingerprint density at radius 1 is 1.12 bits per heavy atom. The molecule has 3 aromatic rings. The van der Waals surface area contributed by atoms with Gasteiger partial charge in [-0.1, -0.05) is 12.8 Å². The topological polar surface area (TPSA) is 73.7 Å². The second kappa shape index (κ2) is 6.48. The minimum Gasteiger partial charge on any atom is -0.345 e. The van der Waals surface area contributed by atoms with E-state index in [1.165, 1.54) is 12.8 Å². The van der Waals surface area contributed by atoms with Gasteiger partial charge in [0, 0.05) is 32.7 Å². The van der Waals surface area contributed by atoms with E-state index < -0.39 is 0 Å². The van der Waals surface area contributed by atoms with Crippen LogP contribution in [0.4, 0.5) is 5.95 Å². The largest absolute Gasteiger partial charge is 0.345 e. The van der Waals surface area contributed by atoms with E-state index in [2.05, 4.69) is 14.9 Å². The molecule has 7 heteroatoms. The van der Waals surface area contributed by atoms with Crippen molar-refractivity contribution in [1.29, 1.82) is 0 Å². The van der Waals surface area contributed by atoms with E-state index >= 15 is 0 Å². The van der Waals surface area contributed by atoms with Crippen LogP contribution in [0.15, 0.2) is 29.2 Å². The average Bonchev–Trinajstić information content (AvgIpc) is 2.90. The van der Waals surface area contributed by atoms with Crippen molar-refractivity contribution >= 4 is 28.4 Å². The maximum atomic E-state index is 12.5. The molecule has 26 heavy (non-hydrogen) atoms. The Morgan fingerprint density at radius 3 is 2.54 bits per heavy atom. The van der Waals surface area contributed by atoms with Crippen LogP contribution in [0.5, 0.6) is 0 Å². The van der Waals surface area contributed by atoms with Gasteiger partial charge in [0.15, 0.2) is 0 Å². The van der Waals surface area contributed by atoms with Gasteiger partial charge in [-0.25, -0.2) is 4.98 Å². The van der Waals surface area contributed by atoms with E-state index in [-0.39, 0.29) is 11.5 Å². The maximum Gasteiger partial charge on any atom is 0.274 e. The van der Waals surface area contributed by atoms with Gasteiger partial charge in [0.2, 0.25) is 5.95 Å². The van der Waals surface area contributed by atoms with E-state index in [0.717, 1.165) is 37.4 Å². The molecule has 1 N–H and O–H groups in total. The molecule has 1 saturated heterocycles. The summed E-state index contributed by atoms with van der Waals surface area (Å²) in [5, 5.41) is 0. The molecule has 136 valence electrons. The average molecular weight is 353 g/mol. The summed E-state index contributed by atoms with van der Waals surface area (Å²) in [5.41, 5.74) is 2.42. The minimum absolute atomic E-state index is 0.0670. The monoisotopic (exact) mass is 353 g/mol. The molecule has 0 spiro atoms. The second-order valence-electron chi connectivity index (χ2n) is 7.07. The van der Waals surface area contributed by atoms with Crippen LogP contribution in [0.3, 0.4) is 0 Å². The van der Waals surface area contributed by atoms with E-state index in [4.69, 9.17) is 0 Å². The number of fused-ring (bicyclic) bond motifs is 3. The first-order valence-corrected chi connectivity index (χ1v) is 9.06. The van der Waals surface area contributed by atoms with Gasteiger partial charge < -0.3 is 14.8 Å². The van der Waals surface area contributed by atoms with Crippen molar-refractivity contribution in [2.75, 3.05) is 32.1 Å². The van der Waals surface area contributed by atoms with Crippen molar-refractivity contribution in [3.63, 3.8) is 0 Å². The standard InChI is InChI=1S/C19H23N5O2/c1-22(2)18(26)13-7-8-14-15(11-13)24-16(17(25)21-14)12-20-19(24)23-9-5-3-4-6-10-23/h7-8,11-12H,3-6,9-10H2,1-2H3,(H,21,25). The summed E-state index contributed by atoms with van der Waals surface area (Å²) < 4.78 is 1.89. The summed E-state index contributed by atoms with van der Waals surface area (Å²) in [6, 6.07) is 5.37. The minimum atomic E-state index is -0.169. The zero-order chi connectivity index (χ0) is 18.3. The fourth-order valence-corrected chi connectivity index (χ4v) is 3.63. The van der Waals surface area contributed by atoms with Gasteiger partial charge in [-0.15, -0.1) is 0 Å². The molecule has 7 nitrogen and oxygen atoms in total. The molecular weight excluding hydrogens is 330 g/mol. The third-order valence-electron chi connectivity index (χ3n) is 5.00. The van der Waals surface area contributed by atoms with Crippen LogP contribution in [0.1, 0.15) is 36.0 Å². The van der Waals surface area contributed by atoms with Gasteiger partial charge in [0.1, 0.15) is 5.52 Å². The van der Waals surface area contributed by atoms with Gasteiger partial charge in [0.05, 0.1) is 17.2 Å². The molecule has 0 unspecified atom stereocenters. The van der Waals surface area contributed by atoms with E-state index in [1.807, 2.05) is 10.5 Å². The molecule has 4 rings (SSSR count). The van der Waals surface area contributed by atoms with Crippen LogP contribution in [0.2, 0.25) is 0 Å². The first kappa shape index (κ1) is 16.6. The Balaban J connectivity index is 1.96. The van der Waals surface area contributed by atoms with Gasteiger partial charge in [-0.3, -0.25) is 14.0 Å². The number of nitrogens with one attached hydrogen (secondary N) is 1. The van der Waals surface area contributed by atoms with Gasteiger partial charge >= 0.3 is 0 Å². The molecule has 1 aliphatic heterocycles. The number of carbonyl (C=O) groups is 1. The van der Waals surface area contributed by atoms with Gasteiger partial charge in [-0.05, 0) is 31.0 Å². The number of hydrogen-bond donors (Lipinski definition) is 1. The van der Waals surface area contributed by atoms with Crippen LogP contribution in [0, 0.1) is 0 Å². The number of carbonyl (C=O) groups excluding carboxylic acids is 1. The predicted molar refractivity (Wildman–Crippen MR) is 102 cm³/mol. The fraction of sp³-hybridized carbons (Fsp3) is 0.421. The first-order valence-electron chi connectivity index (χ1n) is 9.06. The Labute approximate surface area is 151 Å². The molecule has 1 aromatic carbocycles. The lowest BCUT2D eigenvalue weighted by Gasteiger charge is -2.21. The molecule has 0 saturated carbocycles. The fourth-order valence-electron chi connectivity index (χ4n) is 3.63. The molecule has 0 aliphatic carbocycles. The number of hydrogen-bond acceptors (Lipinski definition) is 4. The van der Waals surface area contributed by atoms with Gasteiger partial charge in [0.25, 0.3) is 11.5 Å². The summed E-state index contributed by atoms with van der Waals surface area (Å²) in [4.78, 5) is 36.1. The highest BCUT2D eigenvalue weighted by atomic mass is 16.2. The molecule has 0 bridgehead atoms. The smallest absolute Gasteiger partial charge is 0.274 e. The van der Waals surface area contributed by atoms with Crippen molar-refractivity contribution in [2.24, 2.45) is 0 Å². The molecule has 0 radical (unpaired) electrons. The number of anilines is 1. The van der Waals surface area contributed by atoms with Crippen molar-refractivity contribution < 1.29 is 4.79 Å². The predicted octanol–water partition coefficient (Wildman–Crippen LogP) is 2.26. The lowest BCUT2D eigenvalue weighted by molar-refractivity contribution is 0.0827. The number of benzene rings is 1. The SMILES string of the molecule is CN(C)C(=O)c1ccc2[nH]c(=O)c3cnc(N4CCCCCC4)n3c2c1. The van der Waals surface area contributed by atoms with Crippen LogP contribution < -0.4 is 10.5 Å². The normalized spacial score (nSPS) is 15.4. The Bertz CT molecular complexity index is 1030. The molecular formula is C19H23N5O2. The number of rotatable bonds is 2. The Morgan fingerprint density at radius 2 is 1.85 bits per heavy atom. The maximum absolute atomic E-state index is 12.5. The van der Waals surface area contributed by atoms with E-state index in [1.54, 1.807) is 37.3 Å². The lowest BCUT2D eigenvalue weighted by Crippen LogP contribution is -2.27. The Hall–Kier alpha value is -2.83. The zero-order valence-electron chi connectivity index (χ0n) is 15.2. The molecule has 2 aromatic heterocycles. The van der Waals surface area contributed by atoms with Crippen LogP contribution in [-0.4, -0.2) is 52.4 Å². The number of H-pyrrole nitrogens is 1. The van der Waals surface area contributed by atoms with Crippen molar-refractivity contribution in [3.05, 3.63) is 40.3 Å². The third kappa shape index (κ3) is 2.73. The molecule has 0 atom stereocenters. The highest BCUT2D eigenvalue weighted by Crippen LogP contribution is 2.23. The third-order valence-corrected chi connectivity index (χ3v) is 5.00. The number of aromatic amines is 1. The molecule has 1 aliphatic rings. The van der Waals surface area contributed by atoms with Crippen molar-refractivity contribution in [3.8, 4) is 0 Å². The summed E-state index contributed by atoms with van der Waals surface area (Å²) in [5.74, 6) is 0.718. The number of amides is 1. The van der Waals surface area contributed by atoms with E-state index in [0.29, 0.717) is 16.6 Å². The zero-order valence-corrected chi connectivity index (χ0v) is 15.2. The number of nitrogens with zero attached hydrogens (tertiary/aromatic N) is 4. The Kier molecular flexibility index (Phi) is 4.14. The van der Waals surface area contributed by atoms with Crippen LogP contribution in [0.25, 0.3) is 16.6 Å². The second-order valence-corrected chi connectivity index (χ2v) is 7.07. The summed E-state index contributed by atoms with van der Waals surface area (Å²) in [6.07, 6.45) is 6.32. The quantitative estimate of drug-likeness (QED) is 0.767. The van der Waals surface area contributed by atoms with E-state index in [9.17, 15) is 9.59 Å². The number of imidazole rings is 1. The number of aromatic nitrogens is 3. The first-order chi connectivity index (χ1) is 12.6. The van der Waals surface area contributed by atoms with Crippen LogP contribution >= 0.6 is 0 Å². The van der Waals surface area contributed by atoms with Crippen molar-refractivity contribution in [1.82, 2.24) is 19.3 Å². The van der Waals surface area contributed by atoms with Crippen LogP contribution in [-0.2, 0) is 0 Å². The highest BCUT2D eigenvalue weighted by Gasteiger charge is 2.19. The summed E-state index contributed by atoms with van der Waals surface area (Å²) in [6.45, 7) is 1.87. The summed E-state index contributed by atoms with van der Waals surface area (Å²) in [7, 11) is 3.46. The highest BCUT2D eigenvalue weighted by molar-refractivity contribution is 5.97. The molecule has 3 heterocycles.